The molecule has 0 aromatic rings. The summed E-state index contributed by atoms with van der Waals surface area (Å²) < 4.78 is 0. The maximum absolute atomic E-state index is 2.70. The fourth-order valence-electron chi connectivity index (χ4n) is 7.29. The molecule has 0 aromatic heterocycles. The van der Waals surface area contributed by atoms with Crippen molar-refractivity contribution in [3.63, 3.8) is 0 Å². The van der Waals surface area contributed by atoms with Crippen molar-refractivity contribution in [3.8, 4) is 0 Å². The second-order valence-corrected chi connectivity index (χ2v) is 8.99. The third-order valence-corrected chi connectivity index (χ3v) is 8.36. The van der Waals surface area contributed by atoms with Crippen LogP contribution in [0.5, 0.6) is 0 Å². The summed E-state index contributed by atoms with van der Waals surface area (Å²) in [7, 11) is 0. The monoisotopic (exact) mass is 260 g/mol. The predicted octanol–water partition coefficient (Wildman–Crippen LogP) is 5.81. The molecule has 4 aliphatic carbocycles. The molecule has 19 heavy (non-hydrogen) atoms. The highest BCUT2D eigenvalue weighted by Crippen LogP contribution is 2.66. The molecular formula is C19H32. The number of hydrogen-bond acceptors (Lipinski definition) is 0. The molecule has 0 spiro atoms. The lowest BCUT2D eigenvalue weighted by Gasteiger charge is -2.60. The van der Waals surface area contributed by atoms with Crippen molar-refractivity contribution >= 4 is 0 Å². The van der Waals surface area contributed by atoms with E-state index in [9.17, 15) is 0 Å². The topological polar surface area (TPSA) is 0 Å². The molecular weight excluding hydrogens is 228 g/mol. The van der Waals surface area contributed by atoms with E-state index in [1.54, 1.807) is 51.4 Å². The molecule has 0 aromatic carbocycles. The van der Waals surface area contributed by atoms with Crippen molar-refractivity contribution in [1.82, 2.24) is 0 Å². The molecule has 4 fully saturated rings. The average Bonchev–Trinajstić information content (AvgIpc) is 2.79. The number of fused-ring (bicyclic) bond motifs is 5. The minimum absolute atomic E-state index is 0.741. The van der Waals surface area contributed by atoms with Crippen molar-refractivity contribution in [3.05, 3.63) is 0 Å². The van der Waals surface area contributed by atoms with Gasteiger partial charge in [0.15, 0.2) is 0 Å². The normalized spacial score (nSPS) is 57.2. The molecule has 4 aliphatic rings. The Kier molecular flexibility index (Phi) is 2.84. The molecule has 4 saturated carbocycles. The van der Waals surface area contributed by atoms with Crippen LogP contribution in [0.3, 0.4) is 0 Å². The van der Waals surface area contributed by atoms with E-state index in [1.165, 1.54) is 19.3 Å². The van der Waals surface area contributed by atoms with E-state index in [2.05, 4.69) is 13.8 Å². The summed E-state index contributed by atoms with van der Waals surface area (Å²) in [6, 6.07) is 0. The van der Waals surface area contributed by atoms with Crippen LogP contribution in [0.25, 0.3) is 0 Å². The predicted molar refractivity (Wildman–Crippen MR) is 81.0 cm³/mol. The highest BCUT2D eigenvalue weighted by Gasteiger charge is 2.56. The molecule has 0 N–H and O–H groups in total. The average molecular weight is 260 g/mol. The van der Waals surface area contributed by atoms with Crippen LogP contribution in [0.4, 0.5) is 0 Å². The van der Waals surface area contributed by atoms with Crippen molar-refractivity contribution < 1.29 is 0 Å². The third-order valence-electron chi connectivity index (χ3n) is 8.36. The van der Waals surface area contributed by atoms with Crippen LogP contribution in [-0.4, -0.2) is 0 Å². The van der Waals surface area contributed by atoms with E-state index < -0.39 is 0 Å². The van der Waals surface area contributed by atoms with Gasteiger partial charge in [-0.2, -0.15) is 0 Å². The van der Waals surface area contributed by atoms with E-state index in [0.717, 1.165) is 34.5 Å². The molecule has 0 heterocycles. The molecule has 0 nitrogen and oxygen atoms in total. The van der Waals surface area contributed by atoms with Crippen LogP contribution in [0.1, 0.15) is 84.5 Å². The Morgan fingerprint density at radius 2 is 1.58 bits per heavy atom. The van der Waals surface area contributed by atoms with Crippen molar-refractivity contribution in [1.29, 1.82) is 0 Å². The number of rotatable bonds is 0. The molecule has 0 amide bonds. The van der Waals surface area contributed by atoms with Crippen LogP contribution >= 0.6 is 0 Å². The summed E-state index contributed by atoms with van der Waals surface area (Å²) in [6.45, 7) is 5.33. The molecule has 0 saturated heterocycles. The first kappa shape index (κ1) is 12.7. The summed E-state index contributed by atoms with van der Waals surface area (Å²) in [5, 5.41) is 0. The second kappa shape index (κ2) is 4.25. The van der Waals surface area contributed by atoms with Gasteiger partial charge in [0.25, 0.3) is 0 Å². The smallest absolute Gasteiger partial charge is 0.0266 e. The first-order chi connectivity index (χ1) is 9.13. The maximum atomic E-state index is 2.70. The van der Waals surface area contributed by atoms with Gasteiger partial charge < -0.3 is 0 Å². The maximum Gasteiger partial charge on any atom is -0.0266 e. The number of hydrogen-bond donors (Lipinski definition) is 0. The summed E-state index contributed by atoms with van der Waals surface area (Å²) in [5.74, 6) is 4.41. The zero-order valence-electron chi connectivity index (χ0n) is 13.1. The van der Waals surface area contributed by atoms with Crippen LogP contribution in [0, 0.1) is 34.5 Å². The Morgan fingerprint density at radius 1 is 0.684 bits per heavy atom. The molecule has 0 radical (unpaired) electrons. The molecule has 0 bridgehead atoms. The first-order valence-electron chi connectivity index (χ1n) is 9.13. The van der Waals surface area contributed by atoms with Gasteiger partial charge in [0.2, 0.25) is 0 Å². The molecule has 0 aliphatic heterocycles. The van der Waals surface area contributed by atoms with Gasteiger partial charge in [0.1, 0.15) is 0 Å². The van der Waals surface area contributed by atoms with Gasteiger partial charge >= 0.3 is 0 Å². The minimum Gasteiger partial charge on any atom is -0.0594 e. The van der Waals surface area contributed by atoms with Crippen LogP contribution in [0.15, 0.2) is 0 Å². The second-order valence-electron chi connectivity index (χ2n) is 8.99. The van der Waals surface area contributed by atoms with Crippen LogP contribution < -0.4 is 0 Å². The van der Waals surface area contributed by atoms with Crippen molar-refractivity contribution in [2.24, 2.45) is 34.5 Å². The molecule has 108 valence electrons. The van der Waals surface area contributed by atoms with Crippen LogP contribution in [0.2, 0.25) is 0 Å². The van der Waals surface area contributed by atoms with Gasteiger partial charge in [-0.3, -0.25) is 0 Å². The quantitative estimate of drug-likeness (QED) is 0.515. The zero-order chi connectivity index (χ0) is 13.1. The molecule has 1 unspecified atom stereocenters. The Bertz CT molecular complexity index is 359. The van der Waals surface area contributed by atoms with Gasteiger partial charge in [-0.1, -0.05) is 33.1 Å². The largest absolute Gasteiger partial charge is 0.0594 e. The van der Waals surface area contributed by atoms with Gasteiger partial charge in [0, 0.05) is 0 Å². The third kappa shape index (κ3) is 1.70. The van der Waals surface area contributed by atoms with E-state index in [4.69, 9.17) is 0 Å². The fourth-order valence-corrected chi connectivity index (χ4v) is 7.29. The summed E-state index contributed by atoms with van der Waals surface area (Å²) in [6.07, 6.45) is 17.1. The minimum atomic E-state index is 0.741. The highest BCUT2D eigenvalue weighted by molar-refractivity contribution is 5.06. The van der Waals surface area contributed by atoms with Crippen molar-refractivity contribution in [2.45, 2.75) is 84.5 Å². The van der Waals surface area contributed by atoms with Gasteiger partial charge in [-0.25, -0.2) is 0 Å². The molecule has 0 heteroatoms. The van der Waals surface area contributed by atoms with Gasteiger partial charge in [-0.15, -0.1) is 0 Å². The lowest BCUT2D eigenvalue weighted by atomic mass is 9.45. The Morgan fingerprint density at radius 3 is 2.47 bits per heavy atom. The van der Waals surface area contributed by atoms with Crippen molar-refractivity contribution in [2.75, 3.05) is 0 Å². The highest BCUT2D eigenvalue weighted by atomic mass is 14.6. The fraction of sp³-hybridized carbons (Fsp3) is 1.00. The summed E-state index contributed by atoms with van der Waals surface area (Å²) >= 11 is 0. The van der Waals surface area contributed by atoms with E-state index in [-0.39, 0.29) is 0 Å². The van der Waals surface area contributed by atoms with Crippen LogP contribution in [-0.2, 0) is 0 Å². The first-order valence-corrected chi connectivity index (χ1v) is 9.13. The lowest BCUT2D eigenvalue weighted by molar-refractivity contribution is -0.103. The Balaban J connectivity index is 1.64. The van der Waals surface area contributed by atoms with Gasteiger partial charge in [-0.05, 0) is 85.9 Å². The van der Waals surface area contributed by atoms with E-state index >= 15 is 0 Å². The summed E-state index contributed by atoms with van der Waals surface area (Å²) in [4.78, 5) is 0. The SMILES string of the molecule is C[C@]12CCC[C@H]1[C@@H]1CCC3CCCC[C@]3(C)[C@H]1CC2. The molecule has 6 atom stereocenters. The standard InChI is InChI=1S/C19H32/c1-18-11-5-7-16(18)15-9-8-14-6-3-4-12-19(14,2)17(15)10-13-18/h14-17H,3-13H2,1-2H3/t14?,15-,16-,17-,18+,19-/m0/s1. The zero-order valence-corrected chi connectivity index (χ0v) is 13.1. The lowest BCUT2D eigenvalue weighted by Crippen LogP contribution is -2.51. The Hall–Kier alpha value is 0. The van der Waals surface area contributed by atoms with E-state index in [0.29, 0.717) is 0 Å². The Labute approximate surface area is 119 Å². The van der Waals surface area contributed by atoms with Gasteiger partial charge in [0.05, 0.1) is 0 Å². The molecule has 4 rings (SSSR count). The van der Waals surface area contributed by atoms with E-state index in [1.807, 2.05) is 0 Å². The summed E-state index contributed by atoms with van der Waals surface area (Å²) in [5.41, 5.74) is 1.49.